The zero-order chi connectivity index (χ0) is 8.55. The number of amides is 1. The molecule has 3 nitrogen and oxygen atoms in total. The average molecular weight is 167 g/mol. The Morgan fingerprint density at radius 2 is 2.42 bits per heavy atom. The van der Waals surface area contributed by atoms with E-state index in [1.807, 2.05) is 6.08 Å². The van der Waals surface area contributed by atoms with Crippen LogP contribution in [-0.2, 0) is 4.79 Å². The molecule has 0 aromatic carbocycles. The van der Waals surface area contributed by atoms with Crippen LogP contribution >= 0.6 is 0 Å². The van der Waals surface area contributed by atoms with Gasteiger partial charge >= 0.3 is 0 Å². The summed E-state index contributed by atoms with van der Waals surface area (Å²) >= 11 is 0. The van der Waals surface area contributed by atoms with Crippen molar-refractivity contribution < 1.29 is 9.90 Å². The Kier molecular flexibility index (Phi) is 1.89. The summed E-state index contributed by atoms with van der Waals surface area (Å²) in [5, 5.41) is 9.50. The zero-order valence-electron chi connectivity index (χ0n) is 6.99. The van der Waals surface area contributed by atoms with Gasteiger partial charge in [0.25, 0.3) is 0 Å². The predicted molar refractivity (Wildman–Crippen MR) is 44.3 cm³/mol. The normalized spacial score (nSPS) is 29.8. The molecule has 1 amide bonds. The fourth-order valence-electron chi connectivity index (χ4n) is 1.86. The van der Waals surface area contributed by atoms with Crippen molar-refractivity contribution in [2.24, 2.45) is 0 Å². The molecule has 1 atom stereocenters. The van der Waals surface area contributed by atoms with E-state index in [9.17, 15) is 9.90 Å². The van der Waals surface area contributed by atoms with Crippen LogP contribution < -0.4 is 0 Å². The van der Waals surface area contributed by atoms with Gasteiger partial charge in [0.2, 0.25) is 5.91 Å². The highest BCUT2D eigenvalue weighted by Gasteiger charge is 2.30. The number of hydrogen-bond acceptors (Lipinski definition) is 2. The minimum atomic E-state index is -0.396. The van der Waals surface area contributed by atoms with E-state index in [1.165, 1.54) is 0 Å². The monoisotopic (exact) mass is 167 g/mol. The Labute approximate surface area is 71.7 Å². The number of carbonyl (C=O) groups excluding carboxylic acids is 1. The number of allylic oxidation sites excluding steroid dienone is 1. The van der Waals surface area contributed by atoms with Crippen LogP contribution in [0.2, 0.25) is 0 Å². The first-order valence-corrected chi connectivity index (χ1v) is 4.47. The summed E-state index contributed by atoms with van der Waals surface area (Å²) in [7, 11) is 0. The minimum Gasteiger partial charge on any atom is -0.387 e. The maximum atomic E-state index is 11.4. The van der Waals surface area contributed by atoms with Gasteiger partial charge in [-0.05, 0) is 19.3 Å². The Hall–Kier alpha value is -0.830. The molecule has 1 N–H and O–H groups in total. The average Bonchev–Trinajstić information content (AvgIpc) is 2.30. The van der Waals surface area contributed by atoms with Crippen LogP contribution in [0.15, 0.2) is 11.8 Å². The highest BCUT2D eigenvalue weighted by atomic mass is 16.3. The van der Waals surface area contributed by atoms with Crippen molar-refractivity contribution in [1.82, 2.24) is 4.90 Å². The van der Waals surface area contributed by atoms with Crippen LogP contribution in [0.1, 0.15) is 25.7 Å². The lowest BCUT2D eigenvalue weighted by Gasteiger charge is -2.16. The number of aliphatic hydroxyl groups is 1. The van der Waals surface area contributed by atoms with Crippen molar-refractivity contribution in [1.29, 1.82) is 0 Å². The number of carbonyl (C=O) groups is 1. The number of nitrogens with zero attached hydrogens (tertiary/aromatic N) is 1. The maximum absolute atomic E-state index is 11.4. The second-order valence-corrected chi connectivity index (χ2v) is 3.37. The molecule has 3 heteroatoms. The van der Waals surface area contributed by atoms with Crippen LogP contribution in [0.5, 0.6) is 0 Å². The van der Waals surface area contributed by atoms with E-state index in [2.05, 4.69) is 0 Å². The summed E-state index contributed by atoms with van der Waals surface area (Å²) in [6.45, 7) is 0.700. The van der Waals surface area contributed by atoms with Crippen LogP contribution in [0.4, 0.5) is 0 Å². The lowest BCUT2D eigenvalue weighted by Crippen LogP contribution is -2.26. The third-order valence-corrected chi connectivity index (χ3v) is 2.53. The van der Waals surface area contributed by atoms with Crippen LogP contribution in [0.25, 0.3) is 0 Å². The van der Waals surface area contributed by atoms with E-state index in [0.717, 1.165) is 18.5 Å². The van der Waals surface area contributed by atoms with Gasteiger partial charge in [-0.15, -0.1) is 0 Å². The Balaban J connectivity index is 2.25. The highest BCUT2D eigenvalue weighted by Crippen LogP contribution is 2.26. The molecule has 1 saturated heterocycles. The van der Waals surface area contributed by atoms with E-state index in [-0.39, 0.29) is 5.91 Å². The largest absolute Gasteiger partial charge is 0.387 e. The molecule has 2 aliphatic heterocycles. The molecule has 0 aromatic rings. The molecule has 0 aliphatic carbocycles. The quantitative estimate of drug-likeness (QED) is 0.575. The van der Waals surface area contributed by atoms with Crippen molar-refractivity contribution in [3.63, 3.8) is 0 Å². The van der Waals surface area contributed by atoms with Crippen LogP contribution in [-0.4, -0.2) is 28.6 Å². The number of aliphatic hydroxyl groups excluding tert-OH is 1. The lowest BCUT2D eigenvalue weighted by atomic mass is 10.2. The number of rotatable bonds is 0. The maximum Gasteiger partial charge on any atom is 0.226 e. The standard InChI is InChI=1S/C9H13NO2/c11-8-5-6-10-7(8)3-1-2-4-9(10)12/h3,8,11H,1-2,4-6H2/t8-/m0/s1. The second kappa shape index (κ2) is 2.90. The topological polar surface area (TPSA) is 40.5 Å². The SMILES string of the molecule is O=C1CCCC=C2[C@@H](O)CCN12. The van der Waals surface area contributed by atoms with Gasteiger partial charge in [0.1, 0.15) is 0 Å². The molecular weight excluding hydrogens is 154 g/mol. The Bertz CT molecular complexity index is 235. The Morgan fingerprint density at radius 3 is 3.25 bits per heavy atom. The molecule has 0 bridgehead atoms. The van der Waals surface area contributed by atoms with Gasteiger partial charge in [-0.3, -0.25) is 4.79 Å². The van der Waals surface area contributed by atoms with Crippen molar-refractivity contribution in [3.8, 4) is 0 Å². The van der Waals surface area contributed by atoms with Crippen molar-refractivity contribution in [2.75, 3.05) is 6.54 Å². The fourth-order valence-corrected chi connectivity index (χ4v) is 1.86. The summed E-state index contributed by atoms with van der Waals surface area (Å²) in [6, 6.07) is 0. The van der Waals surface area contributed by atoms with Gasteiger partial charge in [0.15, 0.2) is 0 Å². The van der Waals surface area contributed by atoms with E-state index in [1.54, 1.807) is 4.90 Å². The van der Waals surface area contributed by atoms with Crippen LogP contribution in [0.3, 0.4) is 0 Å². The molecule has 2 heterocycles. The molecule has 1 fully saturated rings. The van der Waals surface area contributed by atoms with Gasteiger partial charge in [0, 0.05) is 18.7 Å². The summed E-state index contributed by atoms with van der Waals surface area (Å²) in [4.78, 5) is 13.1. The molecule has 0 aromatic heterocycles. The van der Waals surface area contributed by atoms with E-state index < -0.39 is 6.10 Å². The second-order valence-electron chi connectivity index (χ2n) is 3.37. The van der Waals surface area contributed by atoms with Gasteiger partial charge in [-0.25, -0.2) is 0 Å². The number of hydrogen-bond donors (Lipinski definition) is 1. The molecule has 66 valence electrons. The molecule has 2 rings (SSSR count). The summed E-state index contributed by atoms with van der Waals surface area (Å²) in [6.07, 6.45) is 4.79. The van der Waals surface area contributed by atoms with Crippen LogP contribution in [0, 0.1) is 0 Å². The third-order valence-electron chi connectivity index (χ3n) is 2.53. The van der Waals surface area contributed by atoms with Crippen molar-refractivity contribution in [3.05, 3.63) is 11.8 Å². The van der Waals surface area contributed by atoms with E-state index >= 15 is 0 Å². The number of fused-ring (bicyclic) bond motifs is 1. The third kappa shape index (κ3) is 1.14. The molecule has 0 radical (unpaired) electrons. The Morgan fingerprint density at radius 1 is 1.58 bits per heavy atom. The van der Waals surface area contributed by atoms with Gasteiger partial charge in [0.05, 0.1) is 6.10 Å². The highest BCUT2D eigenvalue weighted by molar-refractivity contribution is 5.79. The van der Waals surface area contributed by atoms with Crippen molar-refractivity contribution in [2.45, 2.75) is 31.8 Å². The summed E-state index contributed by atoms with van der Waals surface area (Å²) < 4.78 is 0. The zero-order valence-corrected chi connectivity index (χ0v) is 6.99. The predicted octanol–water partition coefficient (Wildman–Crippen LogP) is 0.647. The fraction of sp³-hybridized carbons (Fsp3) is 0.667. The first kappa shape index (κ1) is 7.80. The molecule has 0 unspecified atom stereocenters. The molecule has 0 spiro atoms. The molecule has 12 heavy (non-hydrogen) atoms. The van der Waals surface area contributed by atoms with E-state index in [4.69, 9.17) is 0 Å². The summed E-state index contributed by atoms with van der Waals surface area (Å²) in [5.41, 5.74) is 0.845. The minimum absolute atomic E-state index is 0.176. The lowest BCUT2D eigenvalue weighted by molar-refractivity contribution is -0.128. The molecule has 0 saturated carbocycles. The first-order valence-electron chi connectivity index (χ1n) is 4.47. The summed E-state index contributed by atoms with van der Waals surface area (Å²) in [5.74, 6) is 0.176. The molecule has 2 aliphatic rings. The van der Waals surface area contributed by atoms with Gasteiger partial charge in [-0.1, -0.05) is 6.08 Å². The van der Waals surface area contributed by atoms with Gasteiger partial charge in [-0.2, -0.15) is 0 Å². The molecular formula is C9H13NO2. The van der Waals surface area contributed by atoms with E-state index in [0.29, 0.717) is 19.4 Å². The van der Waals surface area contributed by atoms with Gasteiger partial charge < -0.3 is 10.0 Å². The first-order chi connectivity index (χ1) is 5.79. The van der Waals surface area contributed by atoms with Crippen molar-refractivity contribution >= 4 is 5.91 Å². The smallest absolute Gasteiger partial charge is 0.226 e.